The lowest BCUT2D eigenvalue weighted by Gasteiger charge is -2.48. The van der Waals surface area contributed by atoms with Crippen LogP contribution < -0.4 is 5.32 Å². The molecule has 6 aromatic rings. The number of carbonyl (C=O) groups is 1. The Morgan fingerprint density at radius 3 is 1.44 bits per heavy atom. The quantitative estimate of drug-likeness (QED) is 0.0826. The molecule has 1 aliphatic rings. The number of carbonyl (C=O) groups excluding carboxylic acids is 1. The Labute approximate surface area is 365 Å². The SMILES string of the molecule is CC(C)(C)OC(=O)N[C@H]1[C@@H](OCc2ccccc2)[C@@H](OCc2ccccc2)[C@@H](COCc2ccccc2)O[C@@H]1[C@H](O)COC(c1ccccc1)(c1ccccc1)c1ccccc1. The molecule has 0 aliphatic carbocycles. The molecule has 0 saturated carbocycles. The Balaban J connectivity index is 1.28. The van der Waals surface area contributed by atoms with Gasteiger partial charge in [-0.1, -0.05) is 182 Å². The van der Waals surface area contributed by atoms with Gasteiger partial charge in [-0.25, -0.2) is 4.79 Å². The van der Waals surface area contributed by atoms with Gasteiger partial charge < -0.3 is 38.8 Å². The molecule has 1 saturated heterocycles. The average molecular weight is 836 g/mol. The van der Waals surface area contributed by atoms with E-state index >= 15 is 0 Å². The Bertz CT molecular complexity index is 2110. The maximum Gasteiger partial charge on any atom is 0.408 e. The van der Waals surface area contributed by atoms with Crippen LogP contribution in [0.4, 0.5) is 4.79 Å². The van der Waals surface area contributed by atoms with Crippen molar-refractivity contribution in [1.82, 2.24) is 5.32 Å². The molecule has 9 nitrogen and oxygen atoms in total. The number of nitrogens with one attached hydrogen (secondary N) is 1. The highest BCUT2D eigenvalue weighted by molar-refractivity contribution is 5.68. The van der Waals surface area contributed by atoms with E-state index in [2.05, 4.69) is 5.32 Å². The second kappa shape index (κ2) is 21.4. The van der Waals surface area contributed by atoms with Gasteiger partial charge in [-0.2, -0.15) is 0 Å². The standard InChI is InChI=1S/C53H57NO8/c1-52(2,3)62-51(56)54-47-48(45(55)37-60-53(42-28-16-7-17-29-42,43-30-18-8-19-31-43)44-32-20-9-21-33-44)61-46(38-57-34-39-22-10-4-11-23-39)49(58-35-40-24-12-5-13-25-40)50(47)59-36-41-26-14-6-15-27-41/h4-33,45-50,55H,34-38H2,1-3H3,(H,54,56)/t45-,46-,47-,48-,49+,50-/m1/s1. The minimum atomic E-state index is -1.31. The van der Waals surface area contributed by atoms with Crippen LogP contribution in [-0.2, 0) is 53.8 Å². The van der Waals surface area contributed by atoms with Gasteiger partial charge in [-0.15, -0.1) is 0 Å². The molecule has 7 rings (SSSR count). The van der Waals surface area contributed by atoms with Crippen molar-refractivity contribution in [2.75, 3.05) is 13.2 Å². The Morgan fingerprint density at radius 2 is 1.00 bits per heavy atom. The van der Waals surface area contributed by atoms with E-state index in [4.69, 9.17) is 28.4 Å². The third kappa shape index (κ3) is 11.6. The third-order valence-corrected chi connectivity index (χ3v) is 10.8. The van der Waals surface area contributed by atoms with E-state index in [1.165, 1.54) is 0 Å². The summed E-state index contributed by atoms with van der Waals surface area (Å²) in [6.07, 6.45) is -5.44. The van der Waals surface area contributed by atoms with Crippen LogP contribution in [-0.4, -0.2) is 66.6 Å². The molecule has 1 aliphatic heterocycles. The number of alkyl carbamates (subject to hydrolysis) is 1. The highest BCUT2D eigenvalue weighted by Gasteiger charge is 2.51. The van der Waals surface area contributed by atoms with E-state index in [0.29, 0.717) is 6.61 Å². The number of ether oxygens (including phenoxy) is 6. The average Bonchev–Trinajstić information content (AvgIpc) is 3.30. The monoisotopic (exact) mass is 835 g/mol. The molecule has 0 bridgehead atoms. The van der Waals surface area contributed by atoms with Crippen molar-refractivity contribution in [1.29, 1.82) is 0 Å². The zero-order valence-corrected chi connectivity index (χ0v) is 35.6. The van der Waals surface area contributed by atoms with Crippen molar-refractivity contribution in [3.8, 4) is 0 Å². The summed E-state index contributed by atoms with van der Waals surface area (Å²) in [5.74, 6) is 0. The fourth-order valence-corrected chi connectivity index (χ4v) is 7.91. The van der Waals surface area contributed by atoms with Gasteiger partial charge in [0.15, 0.2) is 0 Å². The summed E-state index contributed by atoms with van der Waals surface area (Å²) in [5.41, 5.74) is 3.56. The van der Waals surface area contributed by atoms with E-state index in [0.717, 1.165) is 33.4 Å². The summed E-state index contributed by atoms with van der Waals surface area (Å²) in [7, 11) is 0. The molecule has 1 heterocycles. The van der Waals surface area contributed by atoms with Crippen molar-refractivity contribution < 1.29 is 38.3 Å². The summed E-state index contributed by atoms with van der Waals surface area (Å²) in [5, 5.41) is 15.7. The number of amides is 1. The highest BCUT2D eigenvalue weighted by atomic mass is 16.6. The van der Waals surface area contributed by atoms with Crippen molar-refractivity contribution in [2.24, 2.45) is 0 Å². The largest absolute Gasteiger partial charge is 0.444 e. The minimum absolute atomic E-state index is 0.102. The van der Waals surface area contributed by atoms with Crippen molar-refractivity contribution in [3.05, 3.63) is 215 Å². The molecule has 0 spiro atoms. The first-order valence-electron chi connectivity index (χ1n) is 21.3. The molecule has 322 valence electrons. The van der Waals surface area contributed by atoms with Gasteiger partial charge in [0, 0.05) is 0 Å². The lowest BCUT2D eigenvalue weighted by atomic mass is 9.80. The summed E-state index contributed by atoms with van der Waals surface area (Å²) in [4.78, 5) is 13.9. The number of hydrogen-bond donors (Lipinski definition) is 2. The normalized spacial score (nSPS) is 19.6. The van der Waals surface area contributed by atoms with Crippen LogP contribution in [0.1, 0.15) is 54.2 Å². The first-order chi connectivity index (χ1) is 30.2. The van der Waals surface area contributed by atoms with E-state index in [1.54, 1.807) is 20.8 Å². The summed E-state index contributed by atoms with van der Waals surface area (Å²) < 4.78 is 39.9. The highest BCUT2D eigenvalue weighted by Crippen LogP contribution is 2.41. The minimum Gasteiger partial charge on any atom is -0.444 e. The second-order valence-electron chi connectivity index (χ2n) is 16.5. The smallest absolute Gasteiger partial charge is 0.408 e. The first kappa shape index (κ1) is 44.4. The van der Waals surface area contributed by atoms with E-state index in [9.17, 15) is 9.90 Å². The van der Waals surface area contributed by atoms with Gasteiger partial charge in [-0.3, -0.25) is 0 Å². The topological polar surface area (TPSA) is 105 Å². The maximum atomic E-state index is 13.9. The van der Waals surface area contributed by atoms with Crippen LogP contribution in [0.15, 0.2) is 182 Å². The van der Waals surface area contributed by atoms with Crippen LogP contribution in [0.3, 0.4) is 0 Å². The first-order valence-corrected chi connectivity index (χ1v) is 21.3. The number of aliphatic hydroxyl groups is 1. The van der Waals surface area contributed by atoms with Crippen molar-refractivity contribution in [2.45, 2.75) is 88.4 Å². The molecule has 0 unspecified atom stereocenters. The predicted molar refractivity (Wildman–Crippen MR) is 239 cm³/mol. The molecule has 62 heavy (non-hydrogen) atoms. The maximum absolute atomic E-state index is 13.9. The van der Waals surface area contributed by atoms with Crippen LogP contribution >= 0.6 is 0 Å². The number of rotatable bonds is 18. The van der Waals surface area contributed by atoms with Gasteiger partial charge in [0.2, 0.25) is 0 Å². The van der Waals surface area contributed by atoms with Crippen molar-refractivity contribution in [3.63, 3.8) is 0 Å². The van der Waals surface area contributed by atoms with Crippen LogP contribution in [0.2, 0.25) is 0 Å². The molecule has 1 fully saturated rings. The van der Waals surface area contributed by atoms with E-state index < -0.39 is 53.9 Å². The van der Waals surface area contributed by atoms with E-state index in [1.807, 2.05) is 182 Å². The molecule has 0 radical (unpaired) electrons. The van der Waals surface area contributed by atoms with E-state index in [-0.39, 0.29) is 26.4 Å². The molecular weight excluding hydrogens is 779 g/mol. The molecule has 9 heteroatoms. The molecular formula is C53H57NO8. The lowest BCUT2D eigenvalue weighted by Crippen LogP contribution is -2.68. The number of hydrogen-bond acceptors (Lipinski definition) is 8. The van der Waals surface area contributed by atoms with Crippen LogP contribution in [0.5, 0.6) is 0 Å². The van der Waals surface area contributed by atoms with Crippen molar-refractivity contribution >= 4 is 6.09 Å². The number of aliphatic hydroxyl groups excluding tert-OH is 1. The zero-order chi connectivity index (χ0) is 43.2. The molecule has 1 amide bonds. The van der Waals surface area contributed by atoms with Gasteiger partial charge in [-0.05, 0) is 54.2 Å². The zero-order valence-electron chi connectivity index (χ0n) is 35.6. The van der Waals surface area contributed by atoms with Gasteiger partial charge in [0.1, 0.15) is 41.7 Å². The Kier molecular flexibility index (Phi) is 15.3. The summed E-state index contributed by atoms with van der Waals surface area (Å²) in [6, 6.07) is 58.5. The Hall–Kier alpha value is -5.65. The molecule has 0 aromatic heterocycles. The number of benzene rings is 6. The fraction of sp³-hybridized carbons (Fsp3) is 0.302. The summed E-state index contributed by atoms with van der Waals surface area (Å²) in [6.45, 7) is 6.06. The summed E-state index contributed by atoms with van der Waals surface area (Å²) >= 11 is 0. The lowest BCUT2D eigenvalue weighted by molar-refractivity contribution is -0.251. The van der Waals surface area contributed by atoms with Gasteiger partial charge >= 0.3 is 6.09 Å². The third-order valence-electron chi connectivity index (χ3n) is 10.8. The molecule has 2 N–H and O–H groups in total. The predicted octanol–water partition coefficient (Wildman–Crippen LogP) is 9.40. The van der Waals surface area contributed by atoms with Crippen LogP contribution in [0, 0.1) is 0 Å². The fourth-order valence-electron chi connectivity index (χ4n) is 7.91. The Morgan fingerprint density at radius 1 is 0.597 bits per heavy atom. The molecule has 6 atom stereocenters. The van der Waals surface area contributed by atoms with Gasteiger partial charge in [0.05, 0.1) is 39.1 Å². The van der Waals surface area contributed by atoms with Gasteiger partial charge in [0.25, 0.3) is 0 Å². The van der Waals surface area contributed by atoms with Crippen LogP contribution in [0.25, 0.3) is 0 Å². The molecule has 6 aromatic carbocycles. The second-order valence-corrected chi connectivity index (χ2v) is 16.5.